The molecular weight excluding hydrogens is 1390 g/mol. The Labute approximate surface area is 690 Å². The smallest absolute Gasteiger partial charge is 0.252 e. The van der Waals surface area contributed by atoms with Crippen molar-refractivity contribution in [3.05, 3.63) is 384 Å². The van der Waals surface area contributed by atoms with Crippen molar-refractivity contribution in [3.8, 4) is 83.6 Å². The van der Waals surface area contributed by atoms with Gasteiger partial charge < -0.3 is 14.4 Å². The van der Waals surface area contributed by atoms with Crippen molar-refractivity contribution in [2.24, 2.45) is 0 Å². The molecule has 2 aliphatic heterocycles. The second-order valence-corrected chi connectivity index (χ2v) is 35.1. The normalized spacial score (nSPS) is 15.3. The quantitative estimate of drug-likeness (QED) is 0.141. The lowest BCUT2D eigenvalue weighted by Gasteiger charge is -2.45. The fourth-order valence-corrected chi connectivity index (χ4v) is 20.6. The minimum atomic E-state index is -0.703. The fourth-order valence-electron chi connectivity index (χ4n) is 19.2. The van der Waals surface area contributed by atoms with Gasteiger partial charge in [-0.25, -0.2) is 0 Å². The first-order chi connectivity index (χ1) is 60.9. The Kier molecular flexibility index (Phi) is 12.2. The zero-order chi connectivity index (χ0) is 88.2. The Morgan fingerprint density at radius 1 is 0.307 bits per heavy atom. The van der Waals surface area contributed by atoms with Gasteiger partial charge in [0.15, 0.2) is 0 Å². The van der Waals surface area contributed by atoms with Crippen LogP contribution in [0.15, 0.2) is 345 Å². The molecule has 5 heteroatoms. The lowest BCUT2D eigenvalue weighted by molar-refractivity contribution is 0.569. The van der Waals surface area contributed by atoms with E-state index in [0.29, 0.717) is 34.0 Å². The van der Waals surface area contributed by atoms with E-state index >= 15 is 0 Å². The fraction of sp³-hybridized carbons (Fsp3) is 0.119. The molecule has 1 spiro atoms. The molecule has 0 saturated heterocycles. The molecular formula is C109H84BN3S. The third-order valence-electron chi connectivity index (χ3n) is 24.6. The Bertz CT molecular complexity index is 7660. The summed E-state index contributed by atoms with van der Waals surface area (Å²) in [6.45, 7) is 19.5. The molecule has 16 aromatic carbocycles. The maximum Gasteiger partial charge on any atom is 0.252 e. The lowest BCUT2D eigenvalue weighted by Crippen LogP contribution is -2.61. The minimum absolute atomic E-state index is 0.00290. The summed E-state index contributed by atoms with van der Waals surface area (Å²) in [6, 6.07) is 89.2. The monoisotopic (exact) mass is 1490 g/mol. The molecule has 22 rings (SSSR count). The maximum absolute atomic E-state index is 10.3. The summed E-state index contributed by atoms with van der Waals surface area (Å²) in [5.41, 5.74) is 26.3. The van der Waals surface area contributed by atoms with E-state index in [2.05, 4.69) is 309 Å². The largest absolute Gasteiger partial charge is 0.310 e. The van der Waals surface area contributed by atoms with Crippen LogP contribution in [-0.2, 0) is 21.7 Å². The van der Waals surface area contributed by atoms with Gasteiger partial charge in [0.25, 0.3) is 6.71 Å². The minimum Gasteiger partial charge on any atom is -0.310 e. The molecule has 114 heavy (non-hydrogen) atoms. The Morgan fingerprint density at radius 2 is 0.763 bits per heavy atom. The number of fused-ring (bicyclic) bond motifs is 20. The molecule has 2 aliphatic carbocycles. The highest BCUT2D eigenvalue weighted by atomic mass is 32.1. The van der Waals surface area contributed by atoms with Gasteiger partial charge >= 0.3 is 0 Å². The number of para-hydroxylation sites is 2. The lowest BCUT2D eigenvalue weighted by atomic mass is 9.33. The van der Waals surface area contributed by atoms with Gasteiger partial charge in [0.2, 0.25) is 0 Å². The summed E-state index contributed by atoms with van der Waals surface area (Å²) in [7, 11) is 0. The van der Waals surface area contributed by atoms with E-state index in [0.717, 1.165) is 120 Å². The predicted octanol–water partition coefficient (Wildman–Crippen LogP) is 27.8. The van der Waals surface area contributed by atoms with Crippen molar-refractivity contribution >= 4 is 111 Å². The number of benzene rings is 16. The van der Waals surface area contributed by atoms with Gasteiger partial charge in [0.1, 0.15) is 0 Å². The average molecular weight is 1490 g/mol. The van der Waals surface area contributed by atoms with Crippen LogP contribution >= 0.6 is 11.3 Å². The van der Waals surface area contributed by atoms with Gasteiger partial charge in [-0.3, -0.25) is 0 Å². The predicted molar refractivity (Wildman–Crippen MR) is 487 cm³/mol. The third kappa shape index (κ3) is 10.1. The molecule has 0 saturated carbocycles. The molecule has 0 atom stereocenters. The molecule has 4 heterocycles. The first-order valence-corrected chi connectivity index (χ1v) is 40.2. The Balaban J connectivity index is 0.916. The zero-order valence-electron chi connectivity index (χ0n) is 77.7. The molecule has 0 unspecified atom stereocenters. The molecule has 18 aromatic rings. The number of hydrogen-bond acceptors (Lipinski definition) is 3. The number of aromatic nitrogens is 1. The van der Waals surface area contributed by atoms with Crippen LogP contribution < -0.4 is 26.2 Å². The molecule has 0 bridgehead atoms. The standard InChI is InChI=1S/C109H84BN3S/c1-106(2,3)73-58-72(59-74(62-73)107(4,5)6)71-55-57-93-98(61-71)113(103-86(68-34-15-11-16-35-68)63-75(108(7,8)9)64-87(103)69-36-17-12-18-37-69)100-66-76(111-94-51-27-22-40-79(94)80-41-23-28-52-95(80)111)65-99-102(100)110(93)92-56-54-70(67-32-13-10-14-33-67)60-97(92)112(99)96-53-31-46-84-83-45-29-44-82(104(83)114-105(84)96)81-43-30-50-91-101(81)85-42-21-26-49-90(85)109(91)88-47-24-19-38-77(88)78-39-20-25-48-89(78)109/h10-66H,1-9H3/i10D,13D,14D,22D,23D,27D,28D,32D,33D,40D,41D,51D,52D. The number of anilines is 6. The van der Waals surface area contributed by atoms with Crippen LogP contribution in [0.3, 0.4) is 0 Å². The van der Waals surface area contributed by atoms with Crippen LogP contribution in [0.4, 0.5) is 34.1 Å². The summed E-state index contributed by atoms with van der Waals surface area (Å²) < 4.78 is 129. The molecule has 2 aromatic heterocycles. The summed E-state index contributed by atoms with van der Waals surface area (Å²) in [5.74, 6) is 0. The second-order valence-electron chi connectivity index (χ2n) is 34.1. The molecule has 3 nitrogen and oxygen atoms in total. The van der Waals surface area contributed by atoms with Gasteiger partial charge in [0.05, 0.1) is 56.0 Å². The van der Waals surface area contributed by atoms with Crippen LogP contribution in [0.25, 0.3) is 126 Å². The van der Waals surface area contributed by atoms with E-state index in [1.165, 1.54) is 33.4 Å². The van der Waals surface area contributed by atoms with Crippen molar-refractivity contribution in [3.63, 3.8) is 0 Å². The first kappa shape index (κ1) is 55.6. The van der Waals surface area contributed by atoms with Crippen LogP contribution in [0.2, 0.25) is 0 Å². The molecule has 0 amide bonds. The van der Waals surface area contributed by atoms with Crippen LogP contribution in [0.1, 0.15) is 119 Å². The first-order valence-electron chi connectivity index (χ1n) is 45.8. The van der Waals surface area contributed by atoms with Crippen LogP contribution in [0, 0.1) is 0 Å². The highest BCUT2D eigenvalue weighted by molar-refractivity contribution is 7.27. The molecule has 0 radical (unpaired) electrons. The summed E-state index contributed by atoms with van der Waals surface area (Å²) in [5, 5.41) is 1.78. The maximum atomic E-state index is 10.3. The zero-order valence-corrected chi connectivity index (χ0v) is 65.5. The highest BCUT2D eigenvalue weighted by Gasteiger charge is 2.53. The van der Waals surface area contributed by atoms with Gasteiger partial charge in [-0.05, 0) is 187 Å². The second kappa shape index (κ2) is 25.1. The molecule has 0 N–H and O–H groups in total. The van der Waals surface area contributed by atoms with Crippen molar-refractivity contribution in [2.75, 3.05) is 9.80 Å². The van der Waals surface area contributed by atoms with Gasteiger partial charge in [-0.1, -0.05) is 353 Å². The Hall–Kier alpha value is -12.8. The summed E-state index contributed by atoms with van der Waals surface area (Å²) in [6.07, 6.45) is 0. The Morgan fingerprint density at radius 3 is 1.35 bits per heavy atom. The number of hydrogen-bond donors (Lipinski definition) is 0. The van der Waals surface area contributed by atoms with Gasteiger partial charge in [0, 0.05) is 65.7 Å². The van der Waals surface area contributed by atoms with Gasteiger partial charge in [-0.15, -0.1) is 11.3 Å². The van der Waals surface area contributed by atoms with Crippen molar-refractivity contribution in [1.82, 2.24) is 4.57 Å². The van der Waals surface area contributed by atoms with Crippen molar-refractivity contribution < 1.29 is 17.8 Å². The van der Waals surface area contributed by atoms with Crippen LogP contribution in [-0.4, -0.2) is 11.3 Å². The number of thiophene rings is 1. The van der Waals surface area contributed by atoms with Gasteiger partial charge in [-0.2, -0.15) is 0 Å². The van der Waals surface area contributed by atoms with Crippen LogP contribution in [0.5, 0.6) is 0 Å². The highest BCUT2D eigenvalue weighted by Crippen LogP contribution is 2.65. The molecule has 4 aliphatic rings. The van der Waals surface area contributed by atoms with E-state index in [-0.39, 0.29) is 50.3 Å². The van der Waals surface area contributed by atoms with E-state index in [1.54, 1.807) is 15.9 Å². The number of nitrogens with zero attached hydrogens (tertiary/aromatic N) is 3. The van der Waals surface area contributed by atoms with Crippen molar-refractivity contribution in [1.29, 1.82) is 0 Å². The van der Waals surface area contributed by atoms with Crippen molar-refractivity contribution in [2.45, 2.75) is 84.0 Å². The molecule has 544 valence electrons. The third-order valence-corrected chi connectivity index (χ3v) is 25.8. The van der Waals surface area contributed by atoms with E-state index in [9.17, 15) is 16.4 Å². The molecule has 0 fully saturated rings. The summed E-state index contributed by atoms with van der Waals surface area (Å²) in [4.78, 5) is 4.63. The SMILES string of the molecule is [2H]c1c([2H])c([2H])c(-c2ccc3c(c2)N(c2cccc4c2sc2c(-c5cccc6c5-c5ccccc5C65c6ccccc6-c6ccccc65)cccc24)c2cc(-n4c5c([2H])c([2H])c([2H])c([2H])c5c5c([2H])c([2H])c([2H])c([2H])c54)cc4c2B3c2ccc(-c3cc(C(C)(C)C)cc(C(C)(C)C)c3)cc2N4c2c(-c3ccccc3)cc(C(C)(C)C)cc2-c2ccccc2)c([2H])c1[2H]. The topological polar surface area (TPSA) is 11.4 Å². The summed E-state index contributed by atoms with van der Waals surface area (Å²) >= 11 is 1.67. The number of rotatable bonds is 8. The van der Waals surface area contributed by atoms with E-state index < -0.39 is 84.0 Å². The van der Waals surface area contributed by atoms with E-state index in [1.807, 2.05) is 30.3 Å². The van der Waals surface area contributed by atoms with E-state index in [4.69, 9.17) is 1.37 Å². The average Bonchev–Trinajstić information content (AvgIpc) is 1.54.